The van der Waals surface area contributed by atoms with E-state index < -0.39 is 15.9 Å². The molecule has 0 spiro atoms. The fourth-order valence-electron chi connectivity index (χ4n) is 4.00. The maximum Gasteiger partial charge on any atom is 0.279 e. The first-order valence-corrected chi connectivity index (χ1v) is 13.4. The van der Waals surface area contributed by atoms with Gasteiger partial charge < -0.3 is 4.57 Å². The summed E-state index contributed by atoms with van der Waals surface area (Å²) in [6.07, 6.45) is 1.78. The lowest BCUT2D eigenvalue weighted by Crippen LogP contribution is -2.26. The molecule has 0 fully saturated rings. The Labute approximate surface area is 209 Å². The molecule has 0 unspecified atom stereocenters. The van der Waals surface area contributed by atoms with E-state index in [1.807, 2.05) is 48.7 Å². The molecule has 35 heavy (non-hydrogen) atoms. The van der Waals surface area contributed by atoms with Gasteiger partial charge in [-0.25, -0.2) is 8.42 Å². The van der Waals surface area contributed by atoms with E-state index in [1.165, 1.54) is 39.9 Å². The number of benzene rings is 3. The highest BCUT2D eigenvalue weighted by Gasteiger charge is 2.21. The molecule has 4 rings (SSSR count). The number of allylic oxidation sites excluding steroid dienone is 1. The van der Waals surface area contributed by atoms with Crippen LogP contribution in [0.25, 0.3) is 10.2 Å². The number of rotatable bonds is 7. The Kier molecular flexibility index (Phi) is 7.16. The minimum Gasteiger partial charge on any atom is -0.312 e. The summed E-state index contributed by atoms with van der Waals surface area (Å²) in [4.78, 5) is 18.1. The lowest BCUT2D eigenvalue weighted by Gasteiger charge is -2.17. The van der Waals surface area contributed by atoms with E-state index in [9.17, 15) is 13.2 Å². The number of thiazole rings is 1. The van der Waals surface area contributed by atoms with Crippen molar-refractivity contribution in [3.8, 4) is 0 Å². The maximum atomic E-state index is 13.0. The molecule has 180 valence electrons. The van der Waals surface area contributed by atoms with E-state index in [0.29, 0.717) is 16.9 Å². The van der Waals surface area contributed by atoms with Crippen LogP contribution in [0.1, 0.15) is 27.0 Å². The van der Waals surface area contributed by atoms with Crippen molar-refractivity contribution >= 4 is 37.5 Å². The quantitative estimate of drug-likeness (QED) is 0.329. The predicted octanol–water partition coefficient (Wildman–Crippen LogP) is 5.07. The number of aromatic nitrogens is 1. The Morgan fingerprint density at radius 1 is 1.09 bits per heavy atom. The number of carbonyl (C=O) groups is 1. The van der Waals surface area contributed by atoms with Crippen molar-refractivity contribution in [1.82, 2.24) is 8.87 Å². The average Bonchev–Trinajstić information content (AvgIpc) is 3.16. The number of hydrogen-bond donors (Lipinski definition) is 0. The number of nitrogens with zero attached hydrogens (tertiary/aromatic N) is 3. The van der Waals surface area contributed by atoms with Crippen LogP contribution in [-0.4, -0.2) is 30.2 Å². The molecule has 3 aromatic carbocycles. The first-order chi connectivity index (χ1) is 16.7. The van der Waals surface area contributed by atoms with Crippen molar-refractivity contribution in [3.05, 3.63) is 106 Å². The number of carbonyl (C=O) groups excluding carboxylic acids is 1. The van der Waals surface area contributed by atoms with Gasteiger partial charge in [0.1, 0.15) is 0 Å². The van der Waals surface area contributed by atoms with Crippen molar-refractivity contribution in [3.63, 3.8) is 0 Å². The molecule has 1 heterocycles. The van der Waals surface area contributed by atoms with Gasteiger partial charge in [0.15, 0.2) is 4.80 Å². The summed E-state index contributed by atoms with van der Waals surface area (Å²) in [6.45, 7) is 8.71. The molecular weight excluding hydrogens is 478 g/mol. The smallest absolute Gasteiger partial charge is 0.279 e. The minimum atomic E-state index is -3.70. The van der Waals surface area contributed by atoms with Crippen LogP contribution in [0.5, 0.6) is 0 Å². The normalized spacial score (nSPS) is 12.4. The molecule has 1 amide bonds. The first-order valence-electron chi connectivity index (χ1n) is 11.1. The van der Waals surface area contributed by atoms with E-state index in [-0.39, 0.29) is 11.4 Å². The number of aryl methyl sites for hydroxylation is 2. The molecule has 0 N–H and O–H groups in total. The third-order valence-corrected chi connectivity index (χ3v) is 8.52. The van der Waals surface area contributed by atoms with Crippen LogP contribution in [0.4, 0.5) is 0 Å². The zero-order valence-electron chi connectivity index (χ0n) is 19.9. The second-order valence-corrected chi connectivity index (χ2v) is 11.5. The Balaban J connectivity index is 1.63. The first kappa shape index (κ1) is 24.8. The molecule has 0 saturated carbocycles. The lowest BCUT2D eigenvalue weighted by molar-refractivity contribution is 0.0997. The molecule has 0 aliphatic carbocycles. The van der Waals surface area contributed by atoms with Crippen molar-refractivity contribution in [2.45, 2.75) is 31.8 Å². The summed E-state index contributed by atoms with van der Waals surface area (Å²) < 4.78 is 30.3. The van der Waals surface area contributed by atoms with Crippen LogP contribution in [-0.2, 0) is 23.1 Å². The van der Waals surface area contributed by atoms with Crippen LogP contribution < -0.4 is 4.80 Å². The van der Waals surface area contributed by atoms with E-state index in [4.69, 9.17) is 0 Å². The molecule has 0 aliphatic heterocycles. The van der Waals surface area contributed by atoms with E-state index in [1.54, 1.807) is 13.1 Å². The molecular formula is C27H27N3O3S2. The van der Waals surface area contributed by atoms with Crippen LogP contribution in [0, 0.1) is 13.8 Å². The third kappa shape index (κ3) is 5.19. The molecule has 0 saturated heterocycles. The monoisotopic (exact) mass is 505 g/mol. The zero-order chi connectivity index (χ0) is 25.2. The largest absolute Gasteiger partial charge is 0.312 e. The van der Waals surface area contributed by atoms with E-state index >= 15 is 0 Å². The molecule has 0 aliphatic rings. The molecule has 0 bridgehead atoms. The molecule has 6 nitrogen and oxygen atoms in total. The highest BCUT2D eigenvalue weighted by Crippen LogP contribution is 2.23. The molecule has 0 radical (unpaired) electrons. The van der Waals surface area contributed by atoms with Crippen molar-refractivity contribution < 1.29 is 13.2 Å². The van der Waals surface area contributed by atoms with Gasteiger partial charge in [-0.3, -0.25) is 4.79 Å². The minimum absolute atomic E-state index is 0.127. The number of amides is 1. The molecule has 4 aromatic rings. The van der Waals surface area contributed by atoms with E-state index in [2.05, 4.69) is 23.7 Å². The fourth-order valence-corrected chi connectivity index (χ4v) is 6.37. The van der Waals surface area contributed by atoms with Crippen molar-refractivity contribution in [2.75, 3.05) is 7.05 Å². The second kappa shape index (κ2) is 10.1. The number of fused-ring (bicyclic) bond motifs is 1. The highest BCUT2D eigenvalue weighted by atomic mass is 32.2. The number of hydrogen-bond acceptors (Lipinski definition) is 4. The Bertz CT molecular complexity index is 1570. The van der Waals surface area contributed by atoms with Crippen LogP contribution in [0.2, 0.25) is 0 Å². The molecule has 8 heteroatoms. The van der Waals surface area contributed by atoms with Crippen LogP contribution in [0.15, 0.2) is 89.3 Å². The zero-order valence-corrected chi connectivity index (χ0v) is 21.6. The standard InChI is InChI=1S/C27H27N3O3S2/c1-5-15-30-25-20(3)16-19(2)17-24(25)34-27(30)28-26(31)22-11-13-23(14-12-22)35(32,33)29(4)18-21-9-7-6-8-10-21/h5-14,16-17H,1,15,18H2,2-4H3. The van der Waals surface area contributed by atoms with Gasteiger partial charge in [-0.2, -0.15) is 9.30 Å². The van der Waals surface area contributed by atoms with Gasteiger partial charge in [-0.1, -0.05) is 53.8 Å². The summed E-state index contributed by atoms with van der Waals surface area (Å²) in [5.74, 6) is -0.426. The Morgan fingerprint density at radius 2 is 1.77 bits per heavy atom. The van der Waals surface area contributed by atoms with Crippen LogP contribution >= 0.6 is 11.3 Å². The van der Waals surface area contributed by atoms with Gasteiger partial charge in [-0.05, 0) is 60.9 Å². The van der Waals surface area contributed by atoms with Crippen molar-refractivity contribution in [1.29, 1.82) is 0 Å². The Morgan fingerprint density at radius 3 is 2.43 bits per heavy atom. The van der Waals surface area contributed by atoms with Gasteiger partial charge in [0.2, 0.25) is 10.0 Å². The van der Waals surface area contributed by atoms with Crippen molar-refractivity contribution in [2.24, 2.45) is 4.99 Å². The Hall–Kier alpha value is -3.33. The highest BCUT2D eigenvalue weighted by molar-refractivity contribution is 7.89. The predicted molar refractivity (Wildman–Crippen MR) is 141 cm³/mol. The SMILES string of the molecule is C=CCn1c(=NC(=O)c2ccc(S(=O)(=O)N(C)Cc3ccccc3)cc2)sc2cc(C)cc(C)c21. The average molecular weight is 506 g/mol. The summed E-state index contributed by atoms with van der Waals surface area (Å²) in [5, 5.41) is 0. The number of sulfonamides is 1. The topological polar surface area (TPSA) is 71.7 Å². The van der Waals surface area contributed by atoms with Gasteiger partial charge in [0, 0.05) is 25.7 Å². The maximum absolute atomic E-state index is 13.0. The third-order valence-electron chi connectivity index (χ3n) is 5.68. The second-order valence-electron chi connectivity index (χ2n) is 8.40. The lowest BCUT2D eigenvalue weighted by atomic mass is 10.1. The van der Waals surface area contributed by atoms with Gasteiger partial charge in [0.25, 0.3) is 5.91 Å². The summed E-state index contributed by atoms with van der Waals surface area (Å²) in [6, 6.07) is 19.5. The van der Waals surface area contributed by atoms with Gasteiger partial charge >= 0.3 is 0 Å². The summed E-state index contributed by atoms with van der Waals surface area (Å²) >= 11 is 1.45. The molecule has 1 aromatic heterocycles. The summed E-state index contributed by atoms with van der Waals surface area (Å²) in [5.41, 5.74) is 4.51. The fraction of sp³-hybridized carbons (Fsp3) is 0.185. The van der Waals surface area contributed by atoms with Gasteiger partial charge in [0.05, 0.1) is 15.1 Å². The van der Waals surface area contributed by atoms with Gasteiger partial charge in [-0.15, -0.1) is 6.58 Å². The van der Waals surface area contributed by atoms with Crippen LogP contribution in [0.3, 0.4) is 0 Å². The molecule has 0 atom stereocenters. The summed E-state index contributed by atoms with van der Waals surface area (Å²) in [7, 11) is -2.16. The van der Waals surface area contributed by atoms with E-state index in [0.717, 1.165) is 26.9 Å².